The van der Waals surface area contributed by atoms with Crippen LogP contribution in [-0.2, 0) is 23.7 Å². The zero-order chi connectivity index (χ0) is 30.0. The van der Waals surface area contributed by atoms with E-state index in [9.17, 15) is 4.79 Å². The number of anilines is 2. The highest BCUT2D eigenvalue weighted by atomic mass is 16.5. The molecule has 0 unspecified atom stereocenters. The number of hydrogen-bond acceptors (Lipinski definition) is 5. The molecular formula is C35H38N6O2. The second-order valence-electron chi connectivity index (χ2n) is 12.1. The minimum absolute atomic E-state index is 0.0675. The van der Waals surface area contributed by atoms with Crippen molar-refractivity contribution in [1.29, 1.82) is 0 Å². The van der Waals surface area contributed by atoms with E-state index in [1.165, 1.54) is 0 Å². The van der Waals surface area contributed by atoms with Crippen molar-refractivity contribution in [2.24, 2.45) is 7.05 Å². The lowest BCUT2D eigenvalue weighted by atomic mass is 9.85. The lowest BCUT2D eigenvalue weighted by Crippen LogP contribution is -2.35. The van der Waals surface area contributed by atoms with Crippen LogP contribution in [0.2, 0.25) is 0 Å². The third-order valence-electron chi connectivity index (χ3n) is 7.95. The number of aryl methyl sites for hydroxylation is 1. The Morgan fingerprint density at radius 2 is 1.60 bits per heavy atom. The molecule has 3 heterocycles. The summed E-state index contributed by atoms with van der Waals surface area (Å²) in [5.74, 6) is 0. The van der Waals surface area contributed by atoms with Crippen LogP contribution >= 0.6 is 0 Å². The molecule has 2 amide bonds. The average Bonchev–Trinajstić information content (AvgIpc) is 3.44. The first kappa shape index (κ1) is 28.6. The van der Waals surface area contributed by atoms with Gasteiger partial charge in [-0.15, -0.1) is 0 Å². The molecule has 3 aromatic carbocycles. The molecule has 0 aliphatic carbocycles. The standard InChI is InChI=1S/C35H38N6O2/c1-35(2,3)26-10-12-29(25-21-37-40(4)22-25)33(19-26)39-34(42)38-32-14-13-28(30-7-5-6-8-31(30)32)24-9-11-27(36-20-24)23-41-15-17-43-18-16-41/h5-14,19-22H,15-18,23H2,1-4H3,(H2,38,39,42). The fraction of sp³-hybridized carbons (Fsp3) is 0.286. The molecule has 6 rings (SSSR count). The van der Waals surface area contributed by atoms with Crippen LogP contribution in [0.25, 0.3) is 33.0 Å². The van der Waals surface area contributed by atoms with Gasteiger partial charge in [0.1, 0.15) is 0 Å². The largest absolute Gasteiger partial charge is 0.379 e. The Kier molecular flexibility index (Phi) is 7.97. The Morgan fingerprint density at radius 1 is 0.860 bits per heavy atom. The normalized spacial score (nSPS) is 14.1. The summed E-state index contributed by atoms with van der Waals surface area (Å²) in [6.45, 7) is 10.7. The number of amides is 2. The summed E-state index contributed by atoms with van der Waals surface area (Å²) < 4.78 is 7.23. The van der Waals surface area contributed by atoms with Gasteiger partial charge in [0.15, 0.2) is 0 Å². The molecule has 1 fully saturated rings. The molecule has 0 bridgehead atoms. The van der Waals surface area contributed by atoms with Crippen molar-refractivity contribution in [3.8, 4) is 22.3 Å². The number of morpholine rings is 1. The van der Waals surface area contributed by atoms with Crippen LogP contribution in [0.4, 0.5) is 16.2 Å². The third-order valence-corrected chi connectivity index (χ3v) is 7.95. The monoisotopic (exact) mass is 574 g/mol. The Balaban J connectivity index is 1.25. The van der Waals surface area contributed by atoms with Crippen molar-refractivity contribution in [3.63, 3.8) is 0 Å². The van der Waals surface area contributed by atoms with Crippen molar-refractivity contribution in [2.75, 3.05) is 36.9 Å². The Morgan fingerprint density at radius 3 is 2.30 bits per heavy atom. The van der Waals surface area contributed by atoms with Crippen LogP contribution in [0.5, 0.6) is 0 Å². The molecule has 5 aromatic rings. The molecule has 0 radical (unpaired) electrons. The van der Waals surface area contributed by atoms with Crippen molar-refractivity contribution in [1.82, 2.24) is 19.7 Å². The zero-order valence-electron chi connectivity index (χ0n) is 25.2. The minimum atomic E-state index is -0.303. The van der Waals surface area contributed by atoms with Gasteiger partial charge in [0, 0.05) is 61.2 Å². The van der Waals surface area contributed by atoms with Crippen LogP contribution in [0, 0.1) is 0 Å². The van der Waals surface area contributed by atoms with Crippen LogP contribution in [0.15, 0.2) is 85.3 Å². The number of rotatable bonds is 6. The molecule has 0 atom stereocenters. The Hall–Kier alpha value is -4.53. The van der Waals surface area contributed by atoms with Gasteiger partial charge in [-0.2, -0.15) is 5.10 Å². The molecule has 43 heavy (non-hydrogen) atoms. The number of urea groups is 1. The highest BCUT2D eigenvalue weighted by Crippen LogP contribution is 2.35. The number of nitrogens with zero attached hydrogens (tertiary/aromatic N) is 4. The summed E-state index contributed by atoms with van der Waals surface area (Å²) in [6.07, 6.45) is 5.70. The van der Waals surface area contributed by atoms with E-state index < -0.39 is 0 Å². The molecule has 1 saturated heterocycles. The summed E-state index contributed by atoms with van der Waals surface area (Å²) in [5.41, 5.74) is 7.56. The van der Waals surface area contributed by atoms with Crippen LogP contribution < -0.4 is 10.6 Å². The van der Waals surface area contributed by atoms with Crippen LogP contribution in [-0.4, -0.2) is 52.0 Å². The number of fused-ring (bicyclic) bond motifs is 1. The summed E-state index contributed by atoms with van der Waals surface area (Å²) >= 11 is 0. The third kappa shape index (κ3) is 6.45. The van der Waals surface area contributed by atoms with Gasteiger partial charge in [-0.1, -0.05) is 69.3 Å². The molecular weight excluding hydrogens is 536 g/mol. The SMILES string of the molecule is Cn1cc(-c2ccc(C(C)(C)C)cc2NC(=O)Nc2ccc(-c3ccc(CN4CCOCC4)nc3)c3ccccc23)cn1. The lowest BCUT2D eigenvalue weighted by molar-refractivity contribution is 0.0336. The fourth-order valence-electron chi connectivity index (χ4n) is 5.53. The number of hydrogen-bond donors (Lipinski definition) is 2. The van der Waals surface area contributed by atoms with Gasteiger partial charge in [0.25, 0.3) is 0 Å². The zero-order valence-corrected chi connectivity index (χ0v) is 25.2. The molecule has 220 valence electrons. The second-order valence-corrected chi connectivity index (χ2v) is 12.1. The van der Waals surface area contributed by atoms with Crippen LogP contribution in [0.3, 0.4) is 0 Å². The first-order valence-corrected chi connectivity index (χ1v) is 14.7. The molecule has 1 aliphatic rings. The molecule has 0 saturated carbocycles. The predicted molar refractivity (Wildman–Crippen MR) is 173 cm³/mol. The summed E-state index contributed by atoms with van der Waals surface area (Å²) in [5, 5.41) is 12.6. The topological polar surface area (TPSA) is 84.3 Å². The van der Waals surface area contributed by atoms with Gasteiger partial charge in [0.05, 0.1) is 36.5 Å². The number of aromatic nitrogens is 3. The van der Waals surface area contributed by atoms with E-state index in [1.54, 1.807) is 4.68 Å². The second kappa shape index (κ2) is 12.0. The maximum absolute atomic E-state index is 13.5. The molecule has 1 aliphatic heterocycles. The van der Waals surface area contributed by atoms with Crippen molar-refractivity contribution >= 4 is 28.2 Å². The smallest absolute Gasteiger partial charge is 0.323 e. The Labute approximate surface area is 252 Å². The van der Waals surface area contributed by atoms with E-state index in [4.69, 9.17) is 9.72 Å². The highest BCUT2D eigenvalue weighted by molar-refractivity contribution is 6.10. The molecule has 8 nitrogen and oxygen atoms in total. The number of ether oxygens (including phenoxy) is 1. The van der Waals surface area contributed by atoms with Gasteiger partial charge in [-0.3, -0.25) is 14.6 Å². The predicted octanol–water partition coefficient (Wildman–Crippen LogP) is 7.08. The van der Waals surface area contributed by atoms with Crippen LogP contribution in [0.1, 0.15) is 32.0 Å². The number of benzene rings is 3. The van der Waals surface area contributed by atoms with Gasteiger partial charge in [0.2, 0.25) is 0 Å². The maximum atomic E-state index is 13.5. The summed E-state index contributed by atoms with van der Waals surface area (Å²) in [4.78, 5) is 20.6. The first-order chi connectivity index (χ1) is 20.7. The van der Waals surface area contributed by atoms with Crippen molar-refractivity contribution in [2.45, 2.75) is 32.7 Å². The van der Waals surface area contributed by atoms with Gasteiger partial charge in [-0.05, 0) is 40.1 Å². The van der Waals surface area contributed by atoms with Gasteiger partial charge >= 0.3 is 6.03 Å². The van der Waals surface area contributed by atoms with E-state index in [2.05, 4.69) is 83.9 Å². The maximum Gasteiger partial charge on any atom is 0.323 e. The fourth-order valence-corrected chi connectivity index (χ4v) is 5.53. The van der Waals surface area contributed by atoms with E-state index in [0.717, 1.165) is 88.5 Å². The van der Waals surface area contributed by atoms with Crippen molar-refractivity contribution in [3.05, 3.63) is 96.6 Å². The highest BCUT2D eigenvalue weighted by Gasteiger charge is 2.19. The van der Waals surface area contributed by atoms with E-state index in [0.29, 0.717) is 0 Å². The number of carbonyl (C=O) groups excluding carboxylic acids is 1. The van der Waals surface area contributed by atoms with E-state index in [-0.39, 0.29) is 11.4 Å². The number of carbonyl (C=O) groups is 1. The molecule has 2 N–H and O–H groups in total. The van der Waals surface area contributed by atoms with E-state index in [1.807, 2.05) is 49.9 Å². The quantitative estimate of drug-likeness (QED) is 0.227. The molecule has 0 spiro atoms. The average molecular weight is 575 g/mol. The van der Waals surface area contributed by atoms with Crippen molar-refractivity contribution < 1.29 is 9.53 Å². The summed E-state index contributed by atoms with van der Waals surface area (Å²) in [7, 11) is 1.89. The Bertz CT molecular complexity index is 1750. The molecule has 8 heteroatoms. The van der Waals surface area contributed by atoms with Gasteiger partial charge < -0.3 is 15.4 Å². The molecule has 2 aromatic heterocycles. The minimum Gasteiger partial charge on any atom is -0.379 e. The first-order valence-electron chi connectivity index (χ1n) is 14.7. The number of nitrogens with one attached hydrogen (secondary N) is 2. The lowest BCUT2D eigenvalue weighted by Gasteiger charge is -2.26. The number of pyridine rings is 1. The van der Waals surface area contributed by atoms with Gasteiger partial charge in [-0.25, -0.2) is 4.79 Å². The van der Waals surface area contributed by atoms with E-state index >= 15 is 0 Å². The summed E-state index contributed by atoms with van der Waals surface area (Å²) in [6, 6.07) is 22.3.